The van der Waals surface area contributed by atoms with Gasteiger partial charge in [0.15, 0.2) is 0 Å². The summed E-state index contributed by atoms with van der Waals surface area (Å²) in [7, 11) is 0. The Kier molecular flexibility index (Phi) is 13.4. The van der Waals surface area contributed by atoms with Crippen molar-refractivity contribution >= 4 is 37.2 Å². The Morgan fingerprint density at radius 2 is 1.14 bits per heavy atom. The smallest absolute Gasteiger partial charge is 0.330 e. The normalized spacial score (nSPS) is 8.55. The second kappa shape index (κ2) is 13.0. The van der Waals surface area contributed by atoms with E-state index < -0.39 is 11.9 Å². The van der Waals surface area contributed by atoms with E-state index in [1.165, 1.54) is 25.0 Å². The van der Waals surface area contributed by atoms with Crippen molar-refractivity contribution in [2.75, 3.05) is 0 Å². The Morgan fingerprint density at radius 3 is 1.27 bits per heavy atom. The third-order valence-electron chi connectivity index (χ3n) is 2.19. The van der Waals surface area contributed by atoms with E-state index in [2.05, 4.69) is 50.5 Å². The molecular formula is C16H22O4S2. The van der Waals surface area contributed by atoms with Gasteiger partial charge in [0.1, 0.15) is 0 Å². The minimum absolute atomic E-state index is 0.176. The molecule has 0 radical (unpaired) electrons. The number of carbonyl (C=O) groups is 2. The van der Waals surface area contributed by atoms with Crippen LogP contribution >= 0.6 is 25.3 Å². The number of carboxylic acids is 2. The van der Waals surface area contributed by atoms with Crippen LogP contribution in [0.5, 0.6) is 0 Å². The lowest BCUT2D eigenvalue weighted by atomic mass is 10.1. The zero-order valence-electron chi connectivity index (χ0n) is 12.7. The van der Waals surface area contributed by atoms with E-state index in [-0.39, 0.29) is 11.1 Å². The molecule has 4 nitrogen and oxygen atoms in total. The van der Waals surface area contributed by atoms with Gasteiger partial charge in [-0.3, -0.25) is 0 Å². The molecule has 0 aliphatic heterocycles. The third-order valence-corrected chi connectivity index (χ3v) is 2.87. The molecule has 0 saturated carbocycles. The molecule has 1 rings (SSSR count). The molecule has 0 saturated heterocycles. The topological polar surface area (TPSA) is 74.6 Å². The van der Waals surface area contributed by atoms with Gasteiger partial charge in [-0.1, -0.05) is 37.4 Å². The molecule has 0 spiro atoms. The average Bonchev–Trinajstić information content (AvgIpc) is 2.48. The van der Waals surface area contributed by atoms with Crippen molar-refractivity contribution in [1.82, 2.24) is 0 Å². The van der Waals surface area contributed by atoms with Crippen molar-refractivity contribution in [2.24, 2.45) is 0 Å². The lowest BCUT2D eigenvalue weighted by Gasteiger charge is -2.01. The maximum absolute atomic E-state index is 9.60. The van der Waals surface area contributed by atoms with Gasteiger partial charge in [-0.2, -0.15) is 25.3 Å². The second-order valence-electron chi connectivity index (χ2n) is 4.26. The summed E-state index contributed by atoms with van der Waals surface area (Å²) in [5, 5.41) is 15.8. The number of aliphatic carboxylic acids is 2. The van der Waals surface area contributed by atoms with Crippen molar-refractivity contribution in [2.45, 2.75) is 25.4 Å². The Labute approximate surface area is 142 Å². The highest BCUT2D eigenvalue weighted by atomic mass is 32.1. The molecule has 0 unspecified atom stereocenters. The molecule has 0 heterocycles. The van der Waals surface area contributed by atoms with Gasteiger partial charge in [-0.25, -0.2) is 9.59 Å². The zero-order valence-corrected chi connectivity index (χ0v) is 14.5. The lowest BCUT2D eigenvalue weighted by molar-refractivity contribution is -0.133. The molecule has 0 aromatic heterocycles. The molecule has 2 N–H and O–H groups in total. The largest absolute Gasteiger partial charge is 0.478 e. The molecule has 122 valence electrons. The van der Waals surface area contributed by atoms with Gasteiger partial charge in [0.2, 0.25) is 0 Å². The molecule has 0 bridgehead atoms. The van der Waals surface area contributed by atoms with Crippen molar-refractivity contribution in [1.29, 1.82) is 0 Å². The van der Waals surface area contributed by atoms with Gasteiger partial charge in [0.25, 0.3) is 0 Å². The predicted molar refractivity (Wildman–Crippen MR) is 96.7 cm³/mol. The quantitative estimate of drug-likeness (QED) is 0.495. The maximum atomic E-state index is 9.60. The van der Waals surface area contributed by atoms with Gasteiger partial charge in [-0.15, -0.1) is 0 Å². The summed E-state index contributed by atoms with van der Waals surface area (Å²) >= 11 is 8.40. The van der Waals surface area contributed by atoms with E-state index in [0.717, 1.165) is 11.5 Å². The van der Waals surface area contributed by atoms with Gasteiger partial charge in [0.05, 0.1) is 0 Å². The number of hydrogen-bond acceptors (Lipinski definition) is 4. The second-order valence-corrected chi connectivity index (χ2v) is 4.89. The van der Waals surface area contributed by atoms with Crippen LogP contribution in [0, 0.1) is 0 Å². The van der Waals surface area contributed by atoms with E-state index >= 15 is 0 Å². The monoisotopic (exact) mass is 342 g/mol. The molecular weight excluding hydrogens is 320 g/mol. The van der Waals surface area contributed by atoms with Gasteiger partial charge in [0, 0.05) is 22.7 Å². The average molecular weight is 342 g/mol. The SMILES string of the molecule is C=C(C)C(=O)O.C=C(C)C(=O)O.SCc1ccccc1CS. The van der Waals surface area contributed by atoms with Crippen molar-refractivity contribution < 1.29 is 19.8 Å². The lowest BCUT2D eigenvalue weighted by Crippen LogP contribution is -1.92. The van der Waals surface area contributed by atoms with Crippen LogP contribution in [0.25, 0.3) is 0 Å². The van der Waals surface area contributed by atoms with Crippen LogP contribution < -0.4 is 0 Å². The molecule has 0 fully saturated rings. The van der Waals surface area contributed by atoms with E-state index in [4.69, 9.17) is 10.2 Å². The first-order chi connectivity index (χ1) is 10.2. The summed E-state index contributed by atoms with van der Waals surface area (Å²) in [6, 6.07) is 8.22. The Bertz CT molecular complexity index is 454. The fraction of sp³-hybridized carbons (Fsp3) is 0.250. The van der Waals surface area contributed by atoms with Gasteiger partial charge >= 0.3 is 11.9 Å². The first-order valence-corrected chi connectivity index (χ1v) is 7.49. The van der Waals surface area contributed by atoms with Crippen LogP contribution in [0.2, 0.25) is 0 Å². The molecule has 0 amide bonds. The van der Waals surface area contributed by atoms with Crippen LogP contribution in [0.3, 0.4) is 0 Å². The molecule has 0 aliphatic carbocycles. The van der Waals surface area contributed by atoms with Crippen molar-refractivity contribution in [3.8, 4) is 0 Å². The van der Waals surface area contributed by atoms with Crippen LogP contribution in [0.15, 0.2) is 48.6 Å². The predicted octanol–water partition coefficient (Wildman–Crippen LogP) is 3.84. The Morgan fingerprint density at radius 1 is 0.909 bits per heavy atom. The zero-order chi connectivity index (χ0) is 17.7. The summed E-state index contributed by atoms with van der Waals surface area (Å²) in [5.41, 5.74) is 2.91. The van der Waals surface area contributed by atoms with Crippen LogP contribution in [-0.2, 0) is 21.1 Å². The third kappa shape index (κ3) is 12.1. The summed E-state index contributed by atoms with van der Waals surface area (Å²) in [6.45, 7) is 9.20. The number of carboxylic acid groups (broad SMARTS) is 2. The van der Waals surface area contributed by atoms with Crippen LogP contribution in [0.1, 0.15) is 25.0 Å². The standard InChI is InChI=1S/C8H10S2.2C4H6O2/c9-5-7-3-1-2-4-8(7)6-10;2*1-3(2)4(5)6/h1-4,9-10H,5-6H2;2*1H2,2H3,(H,5,6). The van der Waals surface area contributed by atoms with Gasteiger partial charge < -0.3 is 10.2 Å². The molecule has 0 aliphatic rings. The highest BCUT2D eigenvalue weighted by Gasteiger charge is 1.95. The Balaban J connectivity index is 0. The van der Waals surface area contributed by atoms with E-state index in [0.29, 0.717) is 0 Å². The van der Waals surface area contributed by atoms with Crippen molar-refractivity contribution in [3.05, 3.63) is 59.7 Å². The van der Waals surface area contributed by atoms with Crippen molar-refractivity contribution in [3.63, 3.8) is 0 Å². The maximum Gasteiger partial charge on any atom is 0.330 e. The summed E-state index contributed by atoms with van der Waals surface area (Å²) in [4.78, 5) is 19.2. The molecule has 1 aromatic rings. The van der Waals surface area contributed by atoms with Crippen LogP contribution in [0.4, 0.5) is 0 Å². The molecule has 6 heteroatoms. The van der Waals surface area contributed by atoms with Gasteiger partial charge in [-0.05, 0) is 25.0 Å². The molecule has 1 aromatic carbocycles. The number of hydrogen-bond donors (Lipinski definition) is 4. The van der Waals surface area contributed by atoms with E-state index in [1.54, 1.807) is 0 Å². The number of benzene rings is 1. The first kappa shape index (κ1) is 22.6. The minimum Gasteiger partial charge on any atom is -0.478 e. The molecule has 22 heavy (non-hydrogen) atoms. The summed E-state index contributed by atoms with van der Waals surface area (Å²) < 4.78 is 0. The fourth-order valence-electron chi connectivity index (χ4n) is 0.866. The van der Waals surface area contributed by atoms with E-state index in [9.17, 15) is 9.59 Å². The summed E-state index contributed by atoms with van der Waals surface area (Å²) in [6.07, 6.45) is 0. The molecule has 0 atom stereocenters. The Hall–Kier alpha value is -1.66. The minimum atomic E-state index is -0.935. The first-order valence-electron chi connectivity index (χ1n) is 6.23. The number of thiol groups is 2. The highest BCUT2D eigenvalue weighted by Crippen LogP contribution is 2.12. The summed E-state index contributed by atoms with van der Waals surface area (Å²) in [5.74, 6) is -0.266. The number of rotatable bonds is 4. The van der Waals surface area contributed by atoms with Crippen LogP contribution in [-0.4, -0.2) is 22.2 Å². The van der Waals surface area contributed by atoms with E-state index in [1.807, 2.05) is 12.1 Å². The fourth-order valence-corrected chi connectivity index (χ4v) is 1.48. The highest BCUT2D eigenvalue weighted by molar-refractivity contribution is 7.79.